The fourth-order valence-electron chi connectivity index (χ4n) is 4.53. The van der Waals surface area contributed by atoms with Crippen LogP contribution < -0.4 is 5.32 Å². The van der Waals surface area contributed by atoms with E-state index in [1.165, 1.54) is 6.42 Å². The first-order valence-corrected chi connectivity index (χ1v) is 9.65. The second kappa shape index (κ2) is 6.44. The summed E-state index contributed by atoms with van der Waals surface area (Å²) >= 11 is 0. The maximum Gasteiger partial charge on any atom is 0.225 e. The lowest BCUT2D eigenvalue weighted by atomic mass is 9.47. The number of H-pyrrole nitrogens is 1. The molecule has 2 fully saturated rings. The van der Waals surface area contributed by atoms with Gasteiger partial charge in [-0.1, -0.05) is 6.42 Å². The molecule has 1 amide bonds. The summed E-state index contributed by atoms with van der Waals surface area (Å²) in [7, 11) is 1.83. The molecule has 27 heavy (non-hydrogen) atoms. The van der Waals surface area contributed by atoms with Crippen molar-refractivity contribution in [1.82, 2.24) is 25.2 Å². The monoisotopic (exact) mass is 372 g/mol. The third kappa shape index (κ3) is 3.26. The lowest BCUT2D eigenvalue weighted by molar-refractivity contribution is -0.232. The minimum absolute atomic E-state index is 0.0159. The van der Waals surface area contributed by atoms with Crippen LogP contribution in [0.4, 0.5) is 5.82 Å². The van der Waals surface area contributed by atoms with E-state index in [1.54, 1.807) is 10.9 Å². The highest BCUT2D eigenvalue weighted by Gasteiger charge is 2.59. The first-order valence-electron chi connectivity index (χ1n) is 9.65. The Morgan fingerprint density at radius 2 is 2.19 bits per heavy atom. The first kappa shape index (κ1) is 18.2. The van der Waals surface area contributed by atoms with Gasteiger partial charge < -0.3 is 10.1 Å². The molecule has 0 aromatic carbocycles. The van der Waals surface area contributed by atoms with Gasteiger partial charge in [-0.25, -0.2) is 0 Å². The molecule has 2 N–H and O–H groups in total. The number of ether oxygens (including phenoxy) is 1. The van der Waals surface area contributed by atoms with Crippen LogP contribution in [0, 0.1) is 11.3 Å². The van der Waals surface area contributed by atoms with Gasteiger partial charge in [-0.05, 0) is 52.0 Å². The number of amides is 1. The quantitative estimate of drug-likeness (QED) is 0.841. The third-order valence-electron chi connectivity index (χ3n) is 6.03. The zero-order chi connectivity index (χ0) is 19.2. The fraction of sp³-hybridized carbons (Fsp3) is 0.684. The Balaban J connectivity index is 1.40. The first-order chi connectivity index (χ1) is 12.8. The van der Waals surface area contributed by atoms with E-state index in [0.717, 1.165) is 25.0 Å². The molecule has 4 rings (SSSR count). The van der Waals surface area contributed by atoms with Gasteiger partial charge in [0.25, 0.3) is 0 Å². The molecular weight excluding hydrogens is 344 g/mol. The molecule has 2 aromatic rings. The Hall–Kier alpha value is -2.22. The van der Waals surface area contributed by atoms with Gasteiger partial charge >= 0.3 is 0 Å². The molecule has 0 radical (unpaired) electrons. The van der Waals surface area contributed by atoms with Crippen LogP contribution in [0.15, 0.2) is 12.3 Å². The SMILES string of the molecule is Cn1nccc1-c1n[nH]nc1NC(=O)CC1CC(OC(C)(C)C)C12CCC2. The van der Waals surface area contributed by atoms with Gasteiger partial charge in [0, 0.05) is 25.1 Å². The average molecular weight is 372 g/mol. The number of aromatic amines is 1. The third-order valence-corrected chi connectivity index (χ3v) is 6.03. The summed E-state index contributed by atoms with van der Waals surface area (Å²) in [5.41, 5.74) is 1.46. The van der Waals surface area contributed by atoms with Crippen molar-refractivity contribution in [2.45, 2.75) is 64.6 Å². The number of nitrogens with zero attached hydrogens (tertiary/aromatic N) is 4. The van der Waals surface area contributed by atoms with Crippen LogP contribution in [-0.4, -0.2) is 42.8 Å². The standard InChI is InChI=1S/C19H28N6O2/c1-18(2,3)27-14-10-12(19(14)7-5-8-19)11-15(26)21-17-16(22-24-23-17)13-6-9-20-25(13)4/h6,9,12,14H,5,7-8,10-11H2,1-4H3,(H2,21,22,23,24,26). The highest BCUT2D eigenvalue weighted by atomic mass is 16.5. The van der Waals surface area contributed by atoms with Crippen LogP contribution in [-0.2, 0) is 16.6 Å². The maximum atomic E-state index is 12.7. The molecule has 2 saturated carbocycles. The highest BCUT2D eigenvalue weighted by molar-refractivity contribution is 5.93. The maximum absolute atomic E-state index is 12.7. The van der Waals surface area contributed by atoms with Crippen molar-refractivity contribution < 1.29 is 9.53 Å². The van der Waals surface area contributed by atoms with Crippen molar-refractivity contribution >= 4 is 11.7 Å². The number of aryl methyl sites for hydroxylation is 1. The van der Waals surface area contributed by atoms with E-state index in [0.29, 0.717) is 23.9 Å². The Bertz CT molecular complexity index is 829. The van der Waals surface area contributed by atoms with Gasteiger partial charge in [-0.3, -0.25) is 9.48 Å². The summed E-state index contributed by atoms with van der Waals surface area (Å²) in [4.78, 5) is 12.7. The van der Waals surface area contributed by atoms with Gasteiger partial charge in [0.2, 0.25) is 5.91 Å². The average Bonchev–Trinajstić information content (AvgIpc) is 3.11. The van der Waals surface area contributed by atoms with E-state index >= 15 is 0 Å². The van der Waals surface area contributed by atoms with Crippen molar-refractivity contribution in [3.63, 3.8) is 0 Å². The van der Waals surface area contributed by atoms with Crippen LogP contribution in [0.5, 0.6) is 0 Å². The molecule has 2 atom stereocenters. The lowest BCUT2D eigenvalue weighted by Gasteiger charge is -2.62. The summed E-state index contributed by atoms with van der Waals surface area (Å²) in [6.07, 6.45) is 6.99. The Labute approximate surface area is 159 Å². The van der Waals surface area contributed by atoms with E-state index < -0.39 is 0 Å². The van der Waals surface area contributed by atoms with E-state index in [4.69, 9.17) is 4.74 Å². The predicted molar refractivity (Wildman–Crippen MR) is 101 cm³/mol. The smallest absolute Gasteiger partial charge is 0.225 e. The molecule has 2 heterocycles. The Kier molecular flexibility index (Phi) is 4.33. The summed E-state index contributed by atoms with van der Waals surface area (Å²) in [6.45, 7) is 6.30. The van der Waals surface area contributed by atoms with Gasteiger partial charge in [-0.15, -0.1) is 5.10 Å². The summed E-state index contributed by atoms with van der Waals surface area (Å²) < 4.78 is 7.97. The van der Waals surface area contributed by atoms with Gasteiger partial charge in [0.1, 0.15) is 0 Å². The second-order valence-corrected chi connectivity index (χ2v) is 8.85. The van der Waals surface area contributed by atoms with Crippen LogP contribution in [0.1, 0.15) is 52.9 Å². The largest absolute Gasteiger partial charge is 0.372 e. The van der Waals surface area contributed by atoms with E-state index in [1.807, 2.05) is 13.1 Å². The van der Waals surface area contributed by atoms with Crippen molar-refractivity contribution in [2.75, 3.05) is 5.32 Å². The van der Waals surface area contributed by atoms with Crippen molar-refractivity contribution in [3.05, 3.63) is 12.3 Å². The van der Waals surface area contributed by atoms with Crippen LogP contribution in [0.2, 0.25) is 0 Å². The number of carbonyl (C=O) groups is 1. The Morgan fingerprint density at radius 1 is 1.41 bits per heavy atom. The van der Waals surface area contributed by atoms with Crippen molar-refractivity contribution in [2.24, 2.45) is 18.4 Å². The van der Waals surface area contributed by atoms with Crippen molar-refractivity contribution in [1.29, 1.82) is 0 Å². The molecule has 2 aromatic heterocycles. The van der Waals surface area contributed by atoms with E-state index in [9.17, 15) is 4.79 Å². The van der Waals surface area contributed by atoms with Crippen LogP contribution >= 0.6 is 0 Å². The number of hydrogen-bond acceptors (Lipinski definition) is 5. The zero-order valence-electron chi connectivity index (χ0n) is 16.5. The number of anilines is 1. The van der Waals surface area contributed by atoms with Crippen LogP contribution in [0.25, 0.3) is 11.4 Å². The lowest BCUT2D eigenvalue weighted by Crippen LogP contribution is -2.60. The molecule has 8 nitrogen and oxygen atoms in total. The molecule has 2 aliphatic carbocycles. The van der Waals surface area contributed by atoms with Gasteiger partial charge in [0.15, 0.2) is 11.5 Å². The normalized spacial score (nSPS) is 23.7. The number of rotatable bonds is 5. The molecule has 0 bridgehead atoms. The number of hydrogen-bond donors (Lipinski definition) is 2. The minimum Gasteiger partial charge on any atom is -0.372 e. The molecule has 0 saturated heterocycles. The molecule has 2 unspecified atom stereocenters. The molecule has 8 heteroatoms. The summed E-state index contributed by atoms with van der Waals surface area (Å²) in [5, 5.41) is 17.9. The summed E-state index contributed by atoms with van der Waals surface area (Å²) in [5.74, 6) is 0.816. The Morgan fingerprint density at radius 3 is 2.78 bits per heavy atom. The molecule has 1 spiro atoms. The molecule has 2 aliphatic rings. The van der Waals surface area contributed by atoms with Crippen molar-refractivity contribution in [3.8, 4) is 11.4 Å². The summed E-state index contributed by atoms with van der Waals surface area (Å²) in [6, 6.07) is 1.84. The van der Waals surface area contributed by atoms with Crippen LogP contribution in [0.3, 0.4) is 0 Å². The van der Waals surface area contributed by atoms with E-state index in [-0.39, 0.29) is 23.0 Å². The minimum atomic E-state index is -0.140. The number of carbonyl (C=O) groups excluding carboxylic acids is 1. The number of nitrogens with one attached hydrogen (secondary N) is 2. The van der Waals surface area contributed by atoms with E-state index in [2.05, 4.69) is 46.6 Å². The van der Waals surface area contributed by atoms with Gasteiger partial charge in [-0.2, -0.15) is 15.4 Å². The molecule has 146 valence electrons. The topological polar surface area (TPSA) is 97.7 Å². The second-order valence-electron chi connectivity index (χ2n) is 8.85. The highest BCUT2D eigenvalue weighted by Crippen LogP contribution is 2.62. The predicted octanol–water partition coefficient (Wildman–Crippen LogP) is 2.91. The zero-order valence-corrected chi connectivity index (χ0v) is 16.5. The van der Waals surface area contributed by atoms with Gasteiger partial charge in [0.05, 0.1) is 17.4 Å². The molecule has 0 aliphatic heterocycles. The fourth-order valence-corrected chi connectivity index (χ4v) is 4.53. The molecular formula is C19H28N6O2. The number of aromatic nitrogens is 5.